The predicted molar refractivity (Wildman–Crippen MR) is 63.5 cm³/mol. The monoisotopic (exact) mass is 233 g/mol. The summed E-state index contributed by atoms with van der Waals surface area (Å²) in [7, 11) is 1.58. The number of hydrogen-bond donors (Lipinski definition) is 1. The van der Waals surface area contributed by atoms with Crippen LogP contribution < -0.4 is 5.43 Å². The van der Waals surface area contributed by atoms with Crippen molar-refractivity contribution in [3.63, 3.8) is 0 Å². The summed E-state index contributed by atoms with van der Waals surface area (Å²) in [5.74, 6) is -0.623. The van der Waals surface area contributed by atoms with E-state index in [2.05, 4.69) is 4.98 Å². The summed E-state index contributed by atoms with van der Waals surface area (Å²) in [4.78, 5) is 27.7. The molecule has 90 valence electrons. The Kier molecular flexibility index (Phi) is 4.05. The third-order valence-corrected chi connectivity index (χ3v) is 2.40. The highest BCUT2D eigenvalue weighted by Crippen LogP contribution is 2.02. The SMILES string of the molecule is Cc1cc(=O)c(C(=O)N(C)CC(C)C#N)c[nH]1. The molecular weight excluding hydrogens is 218 g/mol. The van der Waals surface area contributed by atoms with E-state index in [4.69, 9.17) is 5.26 Å². The number of H-pyrrole nitrogens is 1. The van der Waals surface area contributed by atoms with Crippen LogP contribution in [0.5, 0.6) is 0 Å². The van der Waals surface area contributed by atoms with Crippen LogP contribution in [0.3, 0.4) is 0 Å². The maximum atomic E-state index is 11.9. The largest absolute Gasteiger partial charge is 0.364 e. The summed E-state index contributed by atoms with van der Waals surface area (Å²) in [5, 5.41) is 8.67. The lowest BCUT2D eigenvalue weighted by molar-refractivity contribution is 0.0783. The molecule has 5 heteroatoms. The summed E-state index contributed by atoms with van der Waals surface area (Å²) in [6, 6.07) is 3.43. The summed E-state index contributed by atoms with van der Waals surface area (Å²) in [6.07, 6.45) is 1.41. The number of nitrogens with zero attached hydrogens (tertiary/aromatic N) is 2. The molecule has 0 saturated heterocycles. The summed E-state index contributed by atoms with van der Waals surface area (Å²) >= 11 is 0. The fraction of sp³-hybridized carbons (Fsp3) is 0.417. The van der Waals surface area contributed by atoms with Gasteiger partial charge in [-0.3, -0.25) is 9.59 Å². The summed E-state index contributed by atoms with van der Waals surface area (Å²) in [6.45, 7) is 3.78. The van der Waals surface area contributed by atoms with Crippen molar-refractivity contribution in [3.05, 3.63) is 33.7 Å². The van der Waals surface area contributed by atoms with Gasteiger partial charge >= 0.3 is 0 Å². The second-order valence-corrected chi connectivity index (χ2v) is 4.11. The highest BCUT2D eigenvalue weighted by Gasteiger charge is 2.16. The average Bonchev–Trinajstić information content (AvgIpc) is 2.28. The molecule has 0 fully saturated rings. The zero-order valence-electron chi connectivity index (χ0n) is 10.2. The maximum absolute atomic E-state index is 11.9. The highest BCUT2D eigenvalue weighted by molar-refractivity contribution is 5.93. The molecule has 0 bridgehead atoms. The van der Waals surface area contributed by atoms with Crippen molar-refractivity contribution in [3.8, 4) is 6.07 Å². The van der Waals surface area contributed by atoms with Crippen LogP contribution in [-0.4, -0.2) is 29.4 Å². The molecule has 0 saturated carbocycles. The molecule has 1 unspecified atom stereocenters. The minimum absolute atomic E-state index is 0.100. The van der Waals surface area contributed by atoms with Crippen molar-refractivity contribution < 1.29 is 4.79 Å². The third-order valence-electron chi connectivity index (χ3n) is 2.40. The molecule has 17 heavy (non-hydrogen) atoms. The van der Waals surface area contributed by atoms with E-state index in [0.29, 0.717) is 12.2 Å². The van der Waals surface area contributed by atoms with Gasteiger partial charge in [-0.2, -0.15) is 5.26 Å². The van der Waals surface area contributed by atoms with Gasteiger partial charge in [-0.15, -0.1) is 0 Å². The Morgan fingerprint density at radius 2 is 2.29 bits per heavy atom. The van der Waals surface area contributed by atoms with Crippen LogP contribution in [0.1, 0.15) is 23.0 Å². The standard InChI is InChI=1S/C12H15N3O2/c1-8(5-13)7-15(3)12(17)10-6-14-9(2)4-11(10)16/h4,6,8H,7H2,1-3H3,(H,14,16). The number of carbonyl (C=O) groups excluding carboxylic acids is 1. The summed E-state index contributed by atoms with van der Waals surface area (Å²) in [5.41, 5.74) is 0.505. The first-order chi connectivity index (χ1) is 7.95. The Hall–Kier alpha value is -2.09. The molecule has 1 heterocycles. The Morgan fingerprint density at radius 3 is 2.82 bits per heavy atom. The van der Waals surface area contributed by atoms with E-state index in [1.807, 2.05) is 6.07 Å². The lowest BCUT2D eigenvalue weighted by atomic mass is 10.1. The van der Waals surface area contributed by atoms with Crippen molar-refractivity contribution in [2.75, 3.05) is 13.6 Å². The van der Waals surface area contributed by atoms with Gasteiger partial charge in [0.05, 0.1) is 12.0 Å². The Labute approximate surface area is 99.7 Å². The molecule has 1 aromatic rings. The van der Waals surface area contributed by atoms with Gasteiger partial charge in [0.1, 0.15) is 5.56 Å². The number of aromatic amines is 1. The van der Waals surface area contributed by atoms with E-state index >= 15 is 0 Å². The number of nitriles is 1. The Morgan fingerprint density at radius 1 is 1.65 bits per heavy atom. The minimum atomic E-state index is -0.367. The number of pyridine rings is 1. The first-order valence-corrected chi connectivity index (χ1v) is 5.30. The molecule has 0 aliphatic carbocycles. The molecule has 5 nitrogen and oxygen atoms in total. The number of rotatable bonds is 3. The van der Waals surface area contributed by atoms with Crippen molar-refractivity contribution >= 4 is 5.91 Å². The fourth-order valence-corrected chi connectivity index (χ4v) is 1.48. The van der Waals surface area contributed by atoms with Crippen molar-refractivity contribution in [1.29, 1.82) is 5.26 Å². The zero-order chi connectivity index (χ0) is 13.0. The van der Waals surface area contributed by atoms with Gasteiger partial charge in [0.25, 0.3) is 5.91 Å². The maximum Gasteiger partial charge on any atom is 0.259 e. The van der Waals surface area contributed by atoms with E-state index in [9.17, 15) is 9.59 Å². The van der Waals surface area contributed by atoms with Gasteiger partial charge in [0, 0.05) is 31.5 Å². The number of amides is 1. The third kappa shape index (κ3) is 3.18. The van der Waals surface area contributed by atoms with Crippen LogP contribution in [-0.2, 0) is 0 Å². The number of carbonyl (C=O) groups is 1. The molecule has 1 atom stereocenters. The first-order valence-electron chi connectivity index (χ1n) is 5.30. The van der Waals surface area contributed by atoms with Crippen molar-refractivity contribution in [2.45, 2.75) is 13.8 Å². The predicted octanol–water partition coefficient (Wildman–Crippen LogP) is 0.915. The minimum Gasteiger partial charge on any atom is -0.364 e. The van der Waals surface area contributed by atoms with Gasteiger partial charge in [0.15, 0.2) is 5.43 Å². The van der Waals surface area contributed by atoms with Crippen LogP contribution in [0, 0.1) is 24.2 Å². The van der Waals surface area contributed by atoms with Crippen LogP contribution in [0.2, 0.25) is 0 Å². The molecule has 1 aromatic heterocycles. The first kappa shape index (κ1) is 13.0. The number of nitrogens with one attached hydrogen (secondary N) is 1. The van der Waals surface area contributed by atoms with Gasteiger partial charge < -0.3 is 9.88 Å². The van der Waals surface area contributed by atoms with Crippen molar-refractivity contribution in [1.82, 2.24) is 9.88 Å². The molecule has 1 N–H and O–H groups in total. The van der Waals surface area contributed by atoms with E-state index in [0.717, 1.165) is 0 Å². The second-order valence-electron chi connectivity index (χ2n) is 4.11. The van der Waals surface area contributed by atoms with Gasteiger partial charge in [-0.05, 0) is 13.8 Å². The average molecular weight is 233 g/mol. The molecule has 1 amide bonds. The second kappa shape index (κ2) is 5.30. The summed E-state index contributed by atoms with van der Waals surface area (Å²) < 4.78 is 0. The van der Waals surface area contributed by atoms with E-state index < -0.39 is 0 Å². The van der Waals surface area contributed by atoms with Crippen molar-refractivity contribution in [2.24, 2.45) is 5.92 Å². The Bertz CT molecular complexity index is 513. The zero-order valence-corrected chi connectivity index (χ0v) is 10.2. The number of aryl methyl sites for hydroxylation is 1. The van der Waals surface area contributed by atoms with E-state index in [1.54, 1.807) is 20.9 Å². The molecule has 1 rings (SSSR count). The van der Waals surface area contributed by atoms with Crippen LogP contribution >= 0.6 is 0 Å². The lowest BCUT2D eigenvalue weighted by Gasteiger charge is -2.17. The highest BCUT2D eigenvalue weighted by atomic mass is 16.2. The molecule has 0 radical (unpaired) electrons. The molecule has 0 aromatic carbocycles. The number of hydrogen-bond acceptors (Lipinski definition) is 3. The normalized spacial score (nSPS) is 11.6. The van der Waals surface area contributed by atoms with Crippen LogP contribution in [0.25, 0.3) is 0 Å². The molecule has 0 spiro atoms. The van der Waals surface area contributed by atoms with Gasteiger partial charge in [0.2, 0.25) is 0 Å². The van der Waals surface area contributed by atoms with E-state index in [1.165, 1.54) is 17.2 Å². The topological polar surface area (TPSA) is 77.0 Å². The molecular formula is C12H15N3O2. The van der Waals surface area contributed by atoms with Crippen LogP contribution in [0.15, 0.2) is 17.1 Å². The molecule has 0 aliphatic rings. The van der Waals surface area contributed by atoms with Crippen LogP contribution in [0.4, 0.5) is 0 Å². The fourth-order valence-electron chi connectivity index (χ4n) is 1.48. The smallest absolute Gasteiger partial charge is 0.259 e. The quantitative estimate of drug-likeness (QED) is 0.843. The van der Waals surface area contributed by atoms with Gasteiger partial charge in [-0.1, -0.05) is 0 Å². The Balaban J connectivity index is 2.90. The van der Waals surface area contributed by atoms with E-state index in [-0.39, 0.29) is 22.8 Å². The molecule has 0 aliphatic heterocycles. The number of aromatic nitrogens is 1. The van der Waals surface area contributed by atoms with Gasteiger partial charge in [-0.25, -0.2) is 0 Å². The lowest BCUT2D eigenvalue weighted by Crippen LogP contribution is -2.33.